The van der Waals surface area contributed by atoms with E-state index in [2.05, 4.69) is 38.5 Å². The van der Waals surface area contributed by atoms with Crippen molar-refractivity contribution in [2.45, 2.75) is 85.1 Å². The number of nitrogens with zero attached hydrogens (tertiary/aromatic N) is 3. The maximum absolute atomic E-state index is 12.6. The number of piperidine rings is 1. The van der Waals surface area contributed by atoms with Crippen LogP contribution >= 0.6 is 0 Å². The van der Waals surface area contributed by atoms with Crippen molar-refractivity contribution in [2.75, 3.05) is 6.54 Å². The van der Waals surface area contributed by atoms with Crippen LogP contribution in [0, 0.1) is 37.0 Å². The molecule has 2 unspecified atom stereocenters. The normalized spacial score (nSPS) is 17.8. The Morgan fingerprint density at radius 3 is 2.41 bits per heavy atom. The van der Waals surface area contributed by atoms with E-state index in [4.69, 9.17) is 5.41 Å². The van der Waals surface area contributed by atoms with E-state index in [0.717, 1.165) is 43.7 Å². The fraction of sp³-hybridized carbons (Fsp3) is 0.607. The summed E-state index contributed by atoms with van der Waals surface area (Å²) in [4.78, 5) is 31.3. The molecule has 3 heterocycles. The van der Waals surface area contributed by atoms with Gasteiger partial charge in [0.05, 0.1) is 17.9 Å². The number of imidazole rings is 1. The zero-order valence-corrected chi connectivity index (χ0v) is 23.1. The van der Waals surface area contributed by atoms with E-state index in [1.807, 2.05) is 27.0 Å². The molecule has 0 bridgehead atoms. The number of amides is 2. The van der Waals surface area contributed by atoms with Crippen LogP contribution in [0.4, 0.5) is 0 Å². The van der Waals surface area contributed by atoms with Gasteiger partial charge in [0, 0.05) is 31.4 Å². The lowest BCUT2D eigenvalue weighted by molar-refractivity contribution is -0.126. The van der Waals surface area contributed by atoms with E-state index in [1.165, 1.54) is 19.3 Å². The fourth-order valence-electron chi connectivity index (χ4n) is 4.73. The highest BCUT2D eigenvalue weighted by Gasteiger charge is 2.28. The molecule has 0 spiro atoms. The first-order valence-electron chi connectivity index (χ1n) is 13.3. The predicted molar refractivity (Wildman–Crippen MR) is 148 cm³/mol. The molecule has 2 aliphatic rings. The quantitative estimate of drug-likeness (QED) is 0.330. The van der Waals surface area contributed by atoms with Crippen LogP contribution < -0.4 is 10.6 Å². The highest BCUT2D eigenvalue weighted by Crippen LogP contribution is 2.34. The number of terminal acetylenes is 1. The molecule has 204 valence electrons. The van der Waals surface area contributed by atoms with E-state index in [-0.39, 0.29) is 23.8 Å². The maximum atomic E-state index is 12.6. The number of aromatic nitrogens is 4. The third-order valence-electron chi connectivity index (χ3n) is 6.47. The summed E-state index contributed by atoms with van der Waals surface area (Å²) >= 11 is 0. The largest absolute Gasteiger partial charge is 0.356 e. The molecule has 0 radical (unpaired) electrons. The molecule has 2 amide bonds. The predicted octanol–water partition coefficient (Wildman–Crippen LogP) is 4.72. The first-order chi connectivity index (χ1) is 17.8. The van der Waals surface area contributed by atoms with Gasteiger partial charge < -0.3 is 21.0 Å². The fourth-order valence-corrected chi connectivity index (χ4v) is 4.73. The standard InChI is InChI=1S/C16H23N5O.C8H14N2O.C2H6.C2H2/c1-11-17-10-13(19-11)15(12-6-4-3-5-7-12)20-16(22)14-8-9-18-21(14)2;1-6(9)5-7-3-2-4-10-8(7)11;2*1-2/h8-10,12,15H,3-7H2,1-2H3,(H,17,19)(H,20,22);7,9H,2-5H2,1H3,(H,10,11);1-2H3;1-2H. The van der Waals surface area contributed by atoms with E-state index in [1.54, 1.807) is 30.9 Å². The van der Waals surface area contributed by atoms with Crippen LogP contribution in [0.15, 0.2) is 18.5 Å². The highest BCUT2D eigenvalue weighted by atomic mass is 16.2. The van der Waals surface area contributed by atoms with Crippen molar-refractivity contribution in [3.63, 3.8) is 0 Å². The number of aryl methyl sites for hydroxylation is 2. The summed E-state index contributed by atoms with van der Waals surface area (Å²) in [6.45, 7) is 8.50. The second kappa shape index (κ2) is 17.1. The molecule has 0 aromatic carbocycles. The van der Waals surface area contributed by atoms with Crippen LogP contribution in [-0.2, 0) is 11.8 Å². The number of rotatable bonds is 6. The van der Waals surface area contributed by atoms with Gasteiger partial charge in [0.2, 0.25) is 5.91 Å². The van der Waals surface area contributed by atoms with Crippen molar-refractivity contribution >= 4 is 17.5 Å². The molecular weight excluding hydrogens is 466 g/mol. The smallest absolute Gasteiger partial charge is 0.270 e. The van der Waals surface area contributed by atoms with Crippen molar-refractivity contribution in [3.8, 4) is 12.8 Å². The first-order valence-corrected chi connectivity index (χ1v) is 13.3. The second-order valence-corrected chi connectivity index (χ2v) is 9.23. The Balaban J connectivity index is 0.000000385. The highest BCUT2D eigenvalue weighted by molar-refractivity contribution is 5.92. The van der Waals surface area contributed by atoms with Crippen LogP contribution in [0.3, 0.4) is 0 Å². The van der Waals surface area contributed by atoms with Crippen molar-refractivity contribution in [1.82, 2.24) is 30.4 Å². The summed E-state index contributed by atoms with van der Waals surface area (Å²) in [6, 6.07) is 1.73. The van der Waals surface area contributed by atoms with Gasteiger partial charge in [-0.3, -0.25) is 14.3 Å². The molecule has 4 N–H and O–H groups in total. The summed E-state index contributed by atoms with van der Waals surface area (Å²) in [5.41, 5.74) is 2.18. The minimum absolute atomic E-state index is 0.0103. The minimum Gasteiger partial charge on any atom is -0.356 e. The van der Waals surface area contributed by atoms with Crippen LogP contribution in [0.1, 0.15) is 100 Å². The third kappa shape index (κ3) is 10.2. The average molecular weight is 512 g/mol. The van der Waals surface area contributed by atoms with E-state index in [9.17, 15) is 9.59 Å². The Kier molecular flexibility index (Phi) is 14.6. The number of hydrogen-bond donors (Lipinski definition) is 4. The maximum Gasteiger partial charge on any atom is 0.270 e. The number of aromatic amines is 1. The van der Waals surface area contributed by atoms with Gasteiger partial charge in [-0.05, 0) is 57.9 Å². The van der Waals surface area contributed by atoms with Crippen molar-refractivity contribution in [3.05, 3.63) is 35.7 Å². The molecule has 9 heteroatoms. The summed E-state index contributed by atoms with van der Waals surface area (Å²) in [5.74, 6) is 1.46. The Morgan fingerprint density at radius 2 is 1.89 bits per heavy atom. The topological polar surface area (TPSA) is 129 Å². The lowest BCUT2D eigenvalue weighted by atomic mass is 9.82. The molecule has 2 aromatic rings. The zero-order valence-electron chi connectivity index (χ0n) is 23.1. The number of nitrogens with one attached hydrogen (secondary N) is 4. The van der Waals surface area contributed by atoms with Gasteiger partial charge in [0.15, 0.2) is 0 Å². The SMILES string of the molecule is C#C.CC.CC(=N)CC1CCCNC1=O.Cc1ncc(C(NC(=O)c2ccnn2C)C2CCCCC2)[nH]1. The lowest BCUT2D eigenvalue weighted by Crippen LogP contribution is -2.37. The molecule has 1 aliphatic carbocycles. The van der Waals surface area contributed by atoms with Crippen molar-refractivity contribution in [2.24, 2.45) is 18.9 Å². The summed E-state index contributed by atoms with van der Waals surface area (Å²) in [5, 5.41) is 17.3. The van der Waals surface area contributed by atoms with Gasteiger partial charge in [-0.1, -0.05) is 33.1 Å². The molecule has 1 saturated heterocycles. The molecular formula is C28H45N7O2. The van der Waals surface area contributed by atoms with Gasteiger partial charge >= 0.3 is 0 Å². The number of hydrogen-bond acceptors (Lipinski definition) is 5. The number of carbonyl (C=O) groups excluding carboxylic acids is 2. The first kappa shape index (κ1) is 31.6. The van der Waals surface area contributed by atoms with E-state index < -0.39 is 0 Å². The Bertz CT molecular complexity index is 986. The molecule has 1 saturated carbocycles. The van der Waals surface area contributed by atoms with Crippen molar-refractivity contribution in [1.29, 1.82) is 5.41 Å². The van der Waals surface area contributed by atoms with Crippen molar-refractivity contribution < 1.29 is 9.59 Å². The lowest BCUT2D eigenvalue weighted by Gasteiger charge is -2.30. The molecule has 4 rings (SSSR count). The summed E-state index contributed by atoms with van der Waals surface area (Å²) in [7, 11) is 1.78. The Hall–Kier alpha value is -3.41. The Labute approximate surface area is 222 Å². The molecule has 2 fully saturated rings. The van der Waals surface area contributed by atoms with Crippen LogP contribution in [0.25, 0.3) is 0 Å². The minimum atomic E-state index is -0.0807. The van der Waals surface area contributed by atoms with Gasteiger partial charge in [0.25, 0.3) is 5.91 Å². The van der Waals surface area contributed by atoms with Gasteiger partial charge in [-0.2, -0.15) is 5.10 Å². The summed E-state index contributed by atoms with van der Waals surface area (Å²) < 4.78 is 1.60. The zero-order chi connectivity index (χ0) is 27.8. The van der Waals surface area contributed by atoms with Crippen LogP contribution in [0.2, 0.25) is 0 Å². The van der Waals surface area contributed by atoms with Crippen LogP contribution in [0.5, 0.6) is 0 Å². The van der Waals surface area contributed by atoms with Gasteiger partial charge in [-0.25, -0.2) is 4.98 Å². The van der Waals surface area contributed by atoms with E-state index in [0.29, 0.717) is 23.7 Å². The van der Waals surface area contributed by atoms with E-state index >= 15 is 0 Å². The molecule has 9 nitrogen and oxygen atoms in total. The number of H-pyrrole nitrogens is 1. The third-order valence-corrected chi connectivity index (χ3v) is 6.47. The molecule has 2 atom stereocenters. The summed E-state index contributed by atoms with van der Waals surface area (Å²) in [6.07, 6.45) is 20.2. The molecule has 37 heavy (non-hydrogen) atoms. The monoisotopic (exact) mass is 511 g/mol. The number of carbonyl (C=O) groups is 2. The average Bonchev–Trinajstić information content (AvgIpc) is 3.55. The Morgan fingerprint density at radius 1 is 1.22 bits per heavy atom. The molecule has 2 aromatic heterocycles. The second-order valence-electron chi connectivity index (χ2n) is 9.23. The molecule has 1 aliphatic heterocycles. The van der Waals surface area contributed by atoms with Gasteiger partial charge in [0.1, 0.15) is 11.5 Å². The van der Waals surface area contributed by atoms with Crippen LogP contribution in [-0.4, -0.2) is 43.8 Å². The van der Waals surface area contributed by atoms with Gasteiger partial charge in [-0.15, -0.1) is 12.8 Å².